The van der Waals surface area contributed by atoms with E-state index in [1.807, 2.05) is 43.3 Å². The zero-order chi connectivity index (χ0) is 29.5. The SMILES string of the molecule is COc1cc(C2C(C(=O)c3cc4ccccc4o3)=C(O)C(=O)N2c2nc3ccc(C)cc3s2)ccc1OCCC(C)C. The molecular formula is C33H30N2O6S. The highest BCUT2D eigenvalue weighted by Crippen LogP contribution is 2.46. The van der Waals surface area contributed by atoms with E-state index in [0.29, 0.717) is 40.3 Å². The van der Waals surface area contributed by atoms with Crippen LogP contribution in [0.1, 0.15) is 48.0 Å². The molecule has 0 spiro atoms. The van der Waals surface area contributed by atoms with Crippen molar-refractivity contribution >= 4 is 49.3 Å². The summed E-state index contributed by atoms with van der Waals surface area (Å²) in [7, 11) is 1.54. The van der Waals surface area contributed by atoms with E-state index in [4.69, 9.17) is 18.9 Å². The van der Waals surface area contributed by atoms with Crippen molar-refractivity contribution in [1.82, 2.24) is 4.98 Å². The molecule has 9 heteroatoms. The molecule has 3 heterocycles. The third-order valence-electron chi connectivity index (χ3n) is 7.30. The second kappa shape index (κ2) is 11.0. The molecule has 0 radical (unpaired) electrons. The standard InChI is InChI=1S/C33H30N2O6S/c1-18(2)13-14-40-24-12-10-21(17-25(24)39-4)29-28(30(36)26-16-20-7-5-6-8-23(20)41-26)31(37)32(38)35(29)33-34-22-11-9-19(3)15-27(22)42-33/h5-12,15-18,29,37H,13-14H2,1-4H3. The number of aliphatic hydroxyl groups is 1. The number of benzene rings is 3. The maximum Gasteiger partial charge on any atom is 0.296 e. The van der Waals surface area contributed by atoms with E-state index < -0.39 is 23.5 Å². The van der Waals surface area contributed by atoms with Gasteiger partial charge in [-0.15, -0.1) is 0 Å². The average molecular weight is 583 g/mol. The van der Waals surface area contributed by atoms with Crippen LogP contribution in [0.3, 0.4) is 0 Å². The van der Waals surface area contributed by atoms with Crippen molar-refractivity contribution in [2.75, 3.05) is 18.6 Å². The van der Waals surface area contributed by atoms with Crippen LogP contribution in [-0.4, -0.2) is 35.5 Å². The number of aromatic nitrogens is 1. The number of Topliss-reactive ketones (excluding diaryl/α,β-unsaturated/α-hetero) is 1. The van der Waals surface area contributed by atoms with Crippen LogP contribution in [0.5, 0.6) is 11.5 Å². The Balaban J connectivity index is 1.47. The summed E-state index contributed by atoms with van der Waals surface area (Å²) >= 11 is 1.32. The highest BCUT2D eigenvalue weighted by Gasteiger charge is 2.47. The van der Waals surface area contributed by atoms with Gasteiger partial charge in [-0.3, -0.25) is 14.5 Å². The summed E-state index contributed by atoms with van der Waals surface area (Å²) in [5, 5.41) is 12.3. The van der Waals surface area contributed by atoms with Crippen molar-refractivity contribution in [3.63, 3.8) is 0 Å². The number of anilines is 1. The fourth-order valence-electron chi connectivity index (χ4n) is 5.08. The molecule has 0 fully saturated rings. The maximum absolute atomic E-state index is 14.0. The lowest BCUT2D eigenvalue weighted by molar-refractivity contribution is -0.117. The Hall–Kier alpha value is -4.63. The maximum atomic E-state index is 14.0. The molecule has 1 atom stereocenters. The van der Waals surface area contributed by atoms with Gasteiger partial charge in [0.2, 0.25) is 5.78 Å². The normalized spacial score (nSPS) is 15.4. The first kappa shape index (κ1) is 27.5. The number of carbonyl (C=O) groups excluding carboxylic acids is 2. The molecule has 3 aromatic carbocycles. The molecular weight excluding hydrogens is 552 g/mol. The summed E-state index contributed by atoms with van der Waals surface area (Å²) in [6.07, 6.45) is 0.875. The zero-order valence-corrected chi connectivity index (χ0v) is 24.5. The van der Waals surface area contributed by atoms with Crippen LogP contribution in [0.2, 0.25) is 0 Å². The number of nitrogens with zero attached hydrogens (tertiary/aromatic N) is 2. The van der Waals surface area contributed by atoms with Gasteiger partial charge in [0.15, 0.2) is 28.1 Å². The summed E-state index contributed by atoms with van der Waals surface area (Å²) in [4.78, 5) is 33.8. The molecule has 1 aliphatic rings. The number of furan rings is 1. The molecule has 214 valence electrons. The van der Waals surface area contributed by atoms with Crippen molar-refractivity contribution in [3.8, 4) is 11.5 Å². The number of para-hydroxylation sites is 1. The van der Waals surface area contributed by atoms with Crippen molar-refractivity contribution < 1.29 is 28.6 Å². The molecule has 1 N–H and O–H groups in total. The van der Waals surface area contributed by atoms with E-state index in [0.717, 1.165) is 27.6 Å². The average Bonchev–Trinajstić information content (AvgIpc) is 3.66. The number of aryl methyl sites for hydroxylation is 1. The molecule has 8 nitrogen and oxygen atoms in total. The lowest BCUT2D eigenvalue weighted by atomic mass is 9.95. The molecule has 5 aromatic rings. The number of hydrogen-bond donors (Lipinski definition) is 1. The Kier molecular flexibility index (Phi) is 7.20. The minimum atomic E-state index is -0.988. The highest BCUT2D eigenvalue weighted by molar-refractivity contribution is 7.22. The first-order chi connectivity index (χ1) is 20.2. The number of methoxy groups -OCH3 is 1. The second-order valence-electron chi connectivity index (χ2n) is 10.7. The Morgan fingerprint density at radius 3 is 2.67 bits per heavy atom. The Labute approximate surface area is 246 Å². The van der Waals surface area contributed by atoms with Crippen LogP contribution in [0.15, 0.2) is 82.5 Å². The van der Waals surface area contributed by atoms with Gasteiger partial charge in [-0.1, -0.05) is 55.5 Å². The first-order valence-corrected chi connectivity index (χ1v) is 14.5. The number of ether oxygens (including phenoxy) is 2. The highest BCUT2D eigenvalue weighted by atomic mass is 32.1. The van der Waals surface area contributed by atoms with E-state index in [-0.39, 0.29) is 11.3 Å². The minimum absolute atomic E-state index is 0.0259. The number of fused-ring (bicyclic) bond motifs is 2. The van der Waals surface area contributed by atoms with E-state index in [2.05, 4.69) is 13.8 Å². The number of amides is 1. The van der Waals surface area contributed by atoms with Gasteiger partial charge >= 0.3 is 0 Å². The molecule has 1 aliphatic heterocycles. The van der Waals surface area contributed by atoms with Crippen molar-refractivity contribution in [2.24, 2.45) is 5.92 Å². The van der Waals surface area contributed by atoms with Crippen LogP contribution in [0, 0.1) is 12.8 Å². The number of hydrogen-bond acceptors (Lipinski definition) is 8. The smallest absolute Gasteiger partial charge is 0.296 e. The molecule has 1 amide bonds. The minimum Gasteiger partial charge on any atom is -0.503 e. The van der Waals surface area contributed by atoms with E-state index >= 15 is 0 Å². The van der Waals surface area contributed by atoms with E-state index in [9.17, 15) is 14.7 Å². The summed E-state index contributed by atoms with van der Waals surface area (Å²) in [6, 6.07) is 19.0. The third-order valence-corrected chi connectivity index (χ3v) is 8.31. The zero-order valence-electron chi connectivity index (χ0n) is 23.7. The summed E-state index contributed by atoms with van der Waals surface area (Å²) in [5.41, 5.74) is 2.77. The Bertz CT molecular complexity index is 1830. The number of rotatable bonds is 9. The number of aliphatic hydroxyl groups excluding tert-OH is 1. The Morgan fingerprint density at radius 2 is 1.90 bits per heavy atom. The second-order valence-corrected chi connectivity index (χ2v) is 11.7. The number of thiazole rings is 1. The van der Waals surface area contributed by atoms with E-state index in [1.165, 1.54) is 23.3 Å². The molecule has 0 saturated carbocycles. The van der Waals surface area contributed by atoms with Gasteiger partial charge in [0, 0.05) is 5.39 Å². The van der Waals surface area contributed by atoms with Gasteiger partial charge in [-0.05, 0) is 66.8 Å². The number of carbonyl (C=O) groups is 2. The topological polar surface area (TPSA) is 102 Å². The predicted molar refractivity (Wildman–Crippen MR) is 163 cm³/mol. The molecule has 6 rings (SSSR count). The Morgan fingerprint density at radius 1 is 1.10 bits per heavy atom. The molecule has 0 bridgehead atoms. The van der Waals surface area contributed by atoms with Gasteiger partial charge in [0.1, 0.15) is 5.58 Å². The van der Waals surface area contributed by atoms with Crippen LogP contribution >= 0.6 is 11.3 Å². The molecule has 0 saturated heterocycles. The first-order valence-electron chi connectivity index (χ1n) is 13.7. The summed E-state index contributed by atoms with van der Waals surface area (Å²) < 4.78 is 18.4. The lowest BCUT2D eigenvalue weighted by Crippen LogP contribution is -2.31. The van der Waals surface area contributed by atoms with Crippen molar-refractivity contribution in [3.05, 3.63) is 94.9 Å². The fraction of sp³-hybridized carbons (Fsp3) is 0.242. The molecule has 42 heavy (non-hydrogen) atoms. The van der Waals surface area contributed by atoms with Crippen molar-refractivity contribution in [1.29, 1.82) is 0 Å². The fourth-order valence-corrected chi connectivity index (χ4v) is 6.17. The largest absolute Gasteiger partial charge is 0.503 e. The van der Waals surface area contributed by atoms with Crippen molar-refractivity contribution in [2.45, 2.75) is 33.2 Å². The van der Waals surface area contributed by atoms with E-state index in [1.54, 1.807) is 30.3 Å². The van der Waals surface area contributed by atoms with Crippen LogP contribution in [0.4, 0.5) is 5.13 Å². The number of ketones is 1. The lowest BCUT2D eigenvalue weighted by Gasteiger charge is -2.25. The van der Waals surface area contributed by atoms with Gasteiger partial charge < -0.3 is 19.0 Å². The predicted octanol–water partition coefficient (Wildman–Crippen LogP) is 7.57. The monoisotopic (exact) mass is 582 g/mol. The van der Waals surface area contributed by atoms with Gasteiger partial charge in [-0.25, -0.2) is 4.98 Å². The summed E-state index contributed by atoms with van der Waals surface area (Å²) in [5.74, 6) is -0.442. The quantitative estimate of drug-likeness (QED) is 0.179. The van der Waals surface area contributed by atoms with Crippen LogP contribution in [0.25, 0.3) is 21.2 Å². The molecule has 0 aliphatic carbocycles. The molecule has 2 aromatic heterocycles. The van der Waals surface area contributed by atoms with Crippen LogP contribution in [-0.2, 0) is 4.79 Å². The molecule has 1 unspecified atom stereocenters. The van der Waals surface area contributed by atoms with Gasteiger partial charge in [-0.2, -0.15) is 0 Å². The van der Waals surface area contributed by atoms with Gasteiger partial charge in [0.25, 0.3) is 5.91 Å². The summed E-state index contributed by atoms with van der Waals surface area (Å²) in [6.45, 7) is 6.75. The van der Waals surface area contributed by atoms with Gasteiger partial charge in [0.05, 0.1) is 35.5 Å². The van der Waals surface area contributed by atoms with Crippen LogP contribution < -0.4 is 14.4 Å². The third kappa shape index (κ3) is 4.90.